The lowest BCUT2D eigenvalue weighted by atomic mass is 10.2. The van der Waals surface area contributed by atoms with Gasteiger partial charge < -0.3 is 20.2 Å². The molecule has 0 aliphatic heterocycles. The molecule has 22 heavy (non-hydrogen) atoms. The molecule has 1 aromatic heterocycles. The van der Waals surface area contributed by atoms with Crippen LogP contribution in [0.2, 0.25) is 0 Å². The number of furan rings is 1. The van der Waals surface area contributed by atoms with Gasteiger partial charge in [0.15, 0.2) is 5.96 Å². The summed E-state index contributed by atoms with van der Waals surface area (Å²) in [5, 5.41) is 3.06. The number of nitrogens with two attached hydrogens (primary N) is 1. The van der Waals surface area contributed by atoms with Gasteiger partial charge in [0.25, 0.3) is 0 Å². The zero-order valence-corrected chi connectivity index (χ0v) is 13.1. The van der Waals surface area contributed by atoms with Gasteiger partial charge in [-0.2, -0.15) is 0 Å². The number of ether oxygens (including phenoxy) is 1. The van der Waals surface area contributed by atoms with E-state index in [1.807, 2.05) is 55.4 Å². The first-order valence-corrected chi connectivity index (χ1v) is 7.01. The van der Waals surface area contributed by atoms with E-state index >= 15 is 0 Å². The highest BCUT2D eigenvalue weighted by Crippen LogP contribution is 2.19. The highest BCUT2D eigenvalue weighted by Gasteiger charge is 2.16. The maximum absolute atomic E-state index is 5.94. The van der Waals surface area contributed by atoms with Crippen LogP contribution in [0.4, 0.5) is 5.69 Å². The van der Waals surface area contributed by atoms with E-state index in [0.29, 0.717) is 12.5 Å². The Hall–Kier alpha value is -2.47. The largest absolute Gasteiger partial charge is 0.497 e. The third kappa shape index (κ3) is 4.26. The van der Waals surface area contributed by atoms with Crippen molar-refractivity contribution < 1.29 is 9.15 Å². The average Bonchev–Trinajstić information content (AvgIpc) is 3.02. The second kappa shape index (κ2) is 7.51. The van der Waals surface area contributed by atoms with Crippen molar-refractivity contribution in [3.63, 3.8) is 0 Å². The lowest BCUT2D eigenvalue weighted by molar-refractivity contribution is 0.265. The predicted molar refractivity (Wildman–Crippen MR) is 88.2 cm³/mol. The fourth-order valence-corrected chi connectivity index (χ4v) is 2.04. The molecule has 0 saturated heterocycles. The van der Waals surface area contributed by atoms with Crippen molar-refractivity contribution in [1.82, 2.24) is 4.90 Å². The van der Waals surface area contributed by atoms with E-state index in [1.165, 1.54) is 0 Å². The summed E-state index contributed by atoms with van der Waals surface area (Å²) in [7, 11) is 5.60. The van der Waals surface area contributed by atoms with Crippen LogP contribution in [0.1, 0.15) is 11.8 Å². The Bertz CT molecular complexity index is 591. The molecule has 1 heterocycles. The Morgan fingerprint density at radius 2 is 2.05 bits per heavy atom. The fraction of sp³-hybridized carbons (Fsp3) is 0.312. The molecule has 0 bridgehead atoms. The number of benzene rings is 1. The Balaban J connectivity index is 1.98. The summed E-state index contributed by atoms with van der Waals surface area (Å²) in [6.45, 7) is 0.509. The third-order valence-corrected chi connectivity index (χ3v) is 3.29. The van der Waals surface area contributed by atoms with E-state index in [-0.39, 0.29) is 6.04 Å². The van der Waals surface area contributed by atoms with Gasteiger partial charge in [-0.05, 0) is 50.5 Å². The molecule has 1 aromatic carbocycles. The molecule has 0 aliphatic rings. The Morgan fingerprint density at radius 1 is 1.32 bits per heavy atom. The van der Waals surface area contributed by atoms with Crippen LogP contribution in [0.25, 0.3) is 0 Å². The zero-order chi connectivity index (χ0) is 15.9. The van der Waals surface area contributed by atoms with Crippen molar-refractivity contribution in [1.29, 1.82) is 0 Å². The first-order valence-electron chi connectivity index (χ1n) is 7.01. The predicted octanol–water partition coefficient (Wildman–Crippen LogP) is 2.32. The molecule has 1 unspecified atom stereocenters. The van der Waals surface area contributed by atoms with Crippen LogP contribution < -0.4 is 15.8 Å². The van der Waals surface area contributed by atoms with Crippen LogP contribution in [0.3, 0.4) is 0 Å². The molecular weight excluding hydrogens is 280 g/mol. The maximum Gasteiger partial charge on any atom is 0.193 e. The van der Waals surface area contributed by atoms with Gasteiger partial charge in [0, 0.05) is 5.69 Å². The van der Waals surface area contributed by atoms with Crippen molar-refractivity contribution in [2.75, 3.05) is 33.1 Å². The Kier molecular flexibility index (Phi) is 5.43. The van der Waals surface area contributed by atoms with Gasteiger partial charge >= 0.3 is 0 Å². The molecule has 118 valence electrons. The van der Waals surface area contributed by atoms with Crippen LogP contribution >= 0.6 is 0 Å². The molecule has 2 aromatic rings. The minimum absolute atomic E-state index is 0.0474. The maximum atomic E-state index is 5.94. The van der Waals surface area contributed by atoms with Crippen molar-refractivity contribution in [3.8, 4) is 5.75 Å². The monoisotopic (exact) mass is 302 g/mol. The van der Waals surface area contributed by atoms with Gasteiger partial charge in [-0.3, -0.25) is 9.89 Å². The molecule has 3 N–H and O–H groups in total. The SMILES string of the molecule is COc1ccc(NC(N)=NCC(c2ccco2)N(C)C)cc1. The van der Waals surface area contributed by atoms with Crippen molar-refractivity contribution in [3.05, 3.63) is 48.4 Å². The first-order chi connectivity index (χ1) is 10.6. The number of rotatable bonds is 6. The smallest absolute Gasteiger partial charge is 0.193 e. The van der Waals surface area contributed by atoms with E-state index in [1.54, 1.807) is 13.4 Å². The standard InChI is InChI=1S/C16H22N4O2/c1-20(2)14(15-5-4-10-22-15)11-18-16(17)19-12-6-8-13(21-3)9-7-12/h4-10,14H,11H2,1-3H3,(H3,17,18,19). The number of nitrogens with zero attached hydrogens (tertiary/aromatic N) is 2. The highest BCUT2D eigenvalue weighted by atomic mass is 16.5. The molecule has 0 fully saturated rings. The van der Waals surface area contributed by atoms with E-state index in [4.69, 9.17) is 14.9 Å². The molecule has 6 heteroatoms. The summed E-state index contributed by atoms with van der Waals surface area (Å²) in [4.78, 5) is 6.43. The molecule has 2 rings (SSSR count). The minimum Gasteiger partial charge on any atom is -0.497 e. The topological polar surface area (TPSA) is 76.0 Å². The third-order valence-electron chi connectivity index (χ3n) is 3.29. The molecule has 0 aliphatic carbocycles. The van der Waals surface area contributed by atoms with E-state index in [2.05, 4.69) is 10.3 Å². The van der Waals surface area contributed by atoms with Crippen molar-refractivity contribution in [2.24, 2.45) is 10.7 Å². The average molecular weight is 302 g/mol. The molecule has 0 spiro atoms. The highest BCUT2D eigenvalue weighted by molar-refractivity contribution is 5.92. The summed E-state index contributed by atoms with van der Waals surface area (Å²) in [5.74, 6) is 2.03. The van der Waals surface area contributed by atoms with Gasteiger partial charge in [-0.1, -0.05) is 0 Å². The van der Waals surface area contributed by atoms with Crippen molar-refractivity contribution >= 4 is 11.6 Å². The Labute approximate surface area is 130 Å². The first kappa shape index (κ1) is 15.9. The van der Waals surface area contributed by atoms with E-state index in [9.17, 15) is 0 Å². The van der Waals surface area contributed by atoms with Crippen LogP contribution in [0, 0.1) is 0 Å². The number of hydrogen-bond donors (Lipinski definition) is 2. The lowest BCUT2D eigenvalue weighted by Gasteiger charge is -2.20. The normalized spacial score (nSPS) is 13.2. The van der Waals surface area contributed by atoms with Crippen molar-refractivity contribution in [2.45, 2.75) is 6.04 Å². The van der Waals surface area contributed by atoms with Crippen LogP contribution in [-0.2, 0) is 0 Å². The quantitative estimate of drug-likeness (QED) is 0.632. The van der Waals surface area contributed by atoms with Gasteiger partial charge in [-0.25, -0.2) is 0 Å². The molecule has 6 nitrogen and oxygen atoms in total. The number of methoxy groups -OCH3 is 1. The number of guanidine groups is 1. The summed E-state index contributed by atoms with van der Waals surface area (Å²) in [6, 6.07) is 11.4. The number of nitrogens with one attached hydrogen (secondary N) is 1. The zero-order valence-electron chi connectivity index (χ0n) is 13.1. The molecule has 1 atom stereocenters. The summed E-state index contributed by atoms with van der Waals surface area (Å²) >= 11 is 0. The number of likely N-dealkylation sites (N-methyl/N-ethyl adjacent to an activating group) is 1. The summed E-state index contributed by atoms with van der Waals surface area (Å²) in [5.41, 5.74) is 6.80. The summed E-state index contributed by atoms with van der Waals surface area (Å²) in [6.07, 6.45) is 1.66. The second-order valence-electron chi connectivity index (χ2n) is 5.07. The van der Waals surface area contributed by atoms with Crippen LogP contribution in [-0.4, -0.2) is 38.6 Å². The van der Waals surface area contributed by atoms with Crippen LogP contribution in [0.15, 0.2) is 52.1 Å². The van der Waals surface area contributed by atoms with Gasteiger partial charge in [-0.15, -0.1) is 0 Å². The number of aliphatic imine (C=N–C) groups is 1. The second-order valence-corrected chi connectivity index (χ2v) is 5.07. The summed E-state index contributed by atoms with van der Waals surface area (Å²) < 4.78 is 10.6. The van der Waals surface area contributed by atoms with Gasteiger partial charge in [0.05, 0.1) is 26.0 Å². The van der Waals surface area contributed by atoms with Gasteiger partial charge in [0.2, 0.25) is 0 Å². The van der Waals surface area contributed by atoms with Gasteiger partial charge in [0.1, 0.15) is 11.5 Å². The molecule has 0 amide bonds. The Morgan fingerprint density at radius 3 is 2.59 bits per heavy atom. The number of anilines is 1. The number of hydrogen-bond acceptors (Lipinski definition) is 4. The molecule has 0 saturated carbocycles. The minimum atomic E-state index is 0.0474. The fourth-order valence-electron chi connectivity index (χ4n) is 2.04. The van der Waals surface area contributed by atoms with Crippen LogP contribution in [0.5, 0.6) is 5.75 Å². The molecule has 0 radical (unpaired) electrons. The molecular formula is C16H22N4O2. The van der Waals surface area contributed by atoms with E-state index < -0.39 is 0 Å². The lowest BCUT2D eigenvalue weighted by Crippen LogP contribution is -2.27. The van der Waals surface area contributed by atoms with E-state index in [0.717, 1.165) is 17.2 Å².